The quantitative estimate of drug-likeness (QED) is 0.352. The van der Waals surface area contributed by atoms with E-state index in [-0.39, 0.29) is 31.5 Å². The van der Waals surface area contributed by atoms with Gasteiger partial charge in [0.05, 0.1) is 23.2 Å². The van der Waals surface area contributed by atoms with Crippen molar-refractivity contribution in [3.05, 3.63) is 59.7 Å². The van der Waals surface area contributed by atoms with Crippen LogP contribution in [0.15, 0.2) is 54.1 Å². The van der Waals surface area contributed by atoms with Crippen LogP contribution in [-0.2, 0) is 28.5 Å². The second kappa shape index (κ2) is 9.10. The molecule has 2 heterocycles. The summed E-state index contributed by atoms with van der Waals surface area (Å²) in [6.45, 7) is 5.79. The van der Waals surface area contributed by atoms with Crippen molar-refractivity contribution in [1.82, 2.24) is 0 Å². The average Bonchev–Trinajstić information content (AvgIpc) is 3.51. The molecule has 0 bridgehead atoms. The number of epoxide rings is 1. The first-order chi connectivity index (χ1) is 17.5. The van der Waals surface area contributed by atoms with E-state index >= 15 is 0 Å². The van der Waals surface area contributed by atoms with Gasteiger partial charge in [0.2, 0.25) is 0 Å². The van der Waals surface area contributed by atoms with E-state index in [1.54, 1.807) is 31.2 Å². The molecule has 37 heavy (non-hydrogen) atoms. The summed E-state index contributed by atoms with van der Waals surface area (Å²) in [5.74, 6) is -1.55. The van der Waals surface area contributed by atoms with Crippen LogP contribution < -0.4 is 0 Å². The Balaban J connectivity index is 1.60. The molecule has 1 aromatic carbocycles. The minimum atomic E-state index is -1.28. The van der Waals surface area contributed by atoms with Gasteiger partial charge in [0.25, 0.3) is 0 Å². The predicted octanol–water partition coefficient (Wildman–Crippen LogP) is 3.53. The SMILES string of the molecule is CC(=O)OC[C@@]12[C@@H](OC(=O)c3ccccc3)C[C@](C)(O)[C@](C)(/C=C/C3=CC(=O)OC3)[C@H]1CCC[C@]21CO1. The highest BCUT2D eigenvalue weighted by molar-refractivity contribution is 5.89. The van der Waals surface area contributed by atoms with Gasteiger partial charge in [-0.1, -0.05) is 43.7 Å². The molecule has 1 saturated heterocycles. The number of aliphatic hydroxyl groups is 1. The van der Waals surface area contributed by atoms with Gasteiger partial charge in [-0.2, -0.15) is 0 Å². The molecule has 1 spiro atoms. The Morgan fingerprint density at radius 2 is 1.95 bits per heavy atom. The molecule has 1 N–H and O–H groups in total. The number of carbonyl (C=O) groups excluding carboxylic acids is 3. The fourth-order valence-corrected chi connectivity index (χ4v) is 6.92. The molecule has 5 rings (SSSR count). The maximum atomic E-state index is 13.3. The Bertz CT molecular complexity index is 1150. The summed E-state index contributed by atoms with van der Waals surface area (Å²) >= 11 is 0. The summed E-state index contributed by atoms with van der Waals surface area (Å²) in [4.78, 5) is 37.0. The van der Waals surface area contributed by atoms with Gasteiger partial charge in [-0.3, -0.25) is 4.79 Å². The van der Waals surface area contributed by atoms with Crippen LogP contribution in [0, 0.1) is 16.7 Å². The number of ether oxygens (including phenoxy) is 4. The monoisotopic (exact) mass is 510 g/mol. The number of cyclic esters (lactones) is 1. The van der Waals surface area contributed by atoms with Gasteiger partial charge < -0.3 is 24.1 Å². The van der Waals surface area contributed by atoms with Crippen molar-refractivity contribution < 1.29 is 38.4 Å². The molecule has 0 unspecified atom stereocenters. The zero-order valence-corrected chi connectivity index (χ0v) is 21.5. The number of fused-ring (bicyclic) bond motifs is 2. The number of hydrogen-bond donors (Lipinski definition) is 1. The van der Waals surface area contributed by atoms with Crippen molar-refractivity contribution in [2.75, 3.05) is 19.8 Å². The van der Waals surface area contributed by atoms with Crippen LogP contribution in [0.4, 0.5) is 0 Å². The van der Waals surface area contributed by atoms with Gasteiger partial charge in [0.1, 0.15) is 24.9 Å². The van der Waals surface area contributed by atoms with Gasteiger partial charge >= 0.3 is 17.9 Å². The topological polar surface area (TPSA) is 112 Å². The molecule has 2 saturated carbocycles. The minimum absolute atomic E-state index is 0.0174. The molecule has 1 aromatic rings. The molecule has 4 aliphatic rings. The Morgan fingerprint density at radius 3 is 2.57 bits per heavy atom. The van der Waals surface area contributed by atoms with E-state index in [4.69, 9.17) is 18.9 Å². The zero-order chi connectivity index (χ0) is 26.5. The van der Waals surface area contributed by atoms with Crippen molar-refractivity contribution in [1.29, 1.82) is 0 Å². The Hall–Kier alpha value is -2.97. The number of benzene rings is 1. The molecule has 2 aliphatic heterocycles. The van der Waals surface area contributed by atoms with Crippen molar-refractivity contribution in [3.8, 4) is 0 Å². The van der Waals surface area contributed by atoms with Crippen molar-refractivity contribution in [3.63, 3.8) is 0 Å². The third-order valence-electron chi connectivity index (χ3n) is 9.18. The van der Waals surface area contributed by atoms with Gasteiger partial charge in [-0.25, -0.2) is 9.59 Å². The standard InChI is InChI=1S/C29H34O8/c1-19(30)35-18-29-22(10-7-12-28(29)17-36-28)26(2,13-11-20-14-24(31)34-16-20)27(3,33)15-23(29)37-25(32)21-8-5-4-6-9-21/h4-6,8-9,11,13-14,22-23,33H,7,10,12,15-18H2,1-3H3/b13-11+/t22-,23+,26-,27+,28+,29+/m1/s1. The third-order valence-corrected chi connectivity index (χ3v) is 9.18. The molecule has 0 radical (unpaired) electrons. The van der Waals surface area contributed by atoms with Crippen LogP contribution in [0.5, 0.6) is 0 Å². The van der Waals surface area contributed by atoms with Crippen LogP contribution in [0.3, 0.4) is 0 Å². The molecule has 198 valence electrons. The fraction of sp³-hybridized carbons (Fsp3) is 0.552. The minimum Gasteiger partial charge on any atom is -0.465 e. The molecule has 8 heteroatoms. The summed E-state index contributed by atoms with van der Waals surface area (Å²) < 4.78 is 23.1. The van der Waals surface area contributed by atoms with Gasteiger partial charge in [-0.15, -0.1) is 0 Å². The predicted molar refractivity (Wildman–Crippen MR) is 132 cm³/mol. The highest BCUT2D eigenvalue weighted by Crippen LogP contribution is 2.69. The van der Waals surface area contributed by atoms with Crippen LogP contribution >= 0.6 is 0 Å². The Labute approximate surface area is 216 Å². The first-order valence-corrected chi connectivity index (χ1v) is 12.9. The van der Waals surface area contributed by atoms with E-state index in [1.165, 1.54) is 13.0 Å². The van der Waals surface area contributed by atoms with E-state index < -0.39 is 40.1 Å². The lowest BCUT2D eigenvalue weighted by molar-refractivity contribution is -0.247. The molecule has 2 aliphatic carbocycles. The highest BCUT2D eigenvalue weighted by Gasteiger charge is 2.77. The normalized spacial score (nSPS) is 38.6. The molecule has 6 atom stereocenters. The molecule has 0 aromatic heterocycles. The van der Waals surface area contributed by atoms with Crippen LogP contribution in [0.2, 0.25) is 0 Å². The summed E-state index contributed by atoms with van der Waals surface area (Å²) in [6, 6.07) is 8.74. The summed E-state index contributed by atoms with van der Waals surface area (Å²) in [5.41, 5.74) is -2.45. The first-order valence-electron chi connectivity index (χ1n) is 12.9. The van der Waals surface area contributed by atoms with E-state index in [0.29, 0.717) is 12.2 Å². The Kier molecular flexibility index (Phi) is 6.31. The third kappa shape index (κ3) is 4.20. The van der Waals surface area contributed by atoms with E-state index in [2.05, 4.69) is 0 Å². The first kappa shape index (κ1) is 25.7. The summed E-state index contributed by atoms with van der Waals surface area (Å²) in [6.07, 6.45) is 6.93. The lowest BCUT2D eigenvalue weighted by Gasteiger charge is -2.64. The van der Waals surface area contributed by atoms with Gasteiger partial charge in [-0.05, 0) is 43.4 Å². The van der Waals surface area contributed by atoms with Gasteiger partial charge in [0.15, 0.2) is 0 Å². The van der Waals surface area contributed by atoms with Crippen molar-refractivity contribution in [2.45, 2.75) is 63.8 Å². The fourth-order valence-electron chi connectivity index (χ4n) is 6.92. The second-order valence-corrected chi connectivity index (χ2v) is 11.2. The molecule has 3 fully saturated rings. The summed E-state index contributed by atoms with van der Waals surface area (Å²) in [5, 5.41) is 12.0. The molecular weight excluding hydrogens is 476 g/mol. The van der Waals surface area contributed by atoms with Crippen LogP contribution in [0.1, 0.15) is 56.8 Å². The second-order valence-electron chi connectivity index (χ2n) is 11.2. The van der Waals surface area contributed by atoms with E-state index in [9.17, 15) is 19.5 Å². The van der Waals surface area contributed by atoms with Crippen molar-refractivity contribution >= 4 is 17.9 Å². The molecule has 8 nitrogen and oxygen atoms in total. The molecular formula is C29H34O8. The maximum absolute atomic E-state index is 13.3. The number of carbonyl (C=O) groups is 3. The highest BCUT2D eigenvalue weighted by atomic mass is 16.6. The largest absolute Gasteiger partial charge is 0.465 e. The Morgan fingerprint density at radius 1 is 1.22 bits per heavy atom. The van der Waals surface area contributed by atoms with Crippen LogP contribution in [0.25, 0.3) is 0 Å². The van der Waals surface area contributed by atoms with Gasteiger partial charge in [0, 0.05) is 24.8 Å². The van der Waals surface area contributed by atoms with Crippen molar-refractivity contribution in [2.24, 2.45) is 16.7 Å². The zero-order valence-electron chi connectivity index (χ0n) is 21.5. The summed E-state index contributed by atoms with van der Waals surface area (Å²) in [7, 11) is 0. The lowest BCUT2D eigenvalue weighted by atomic mass is 9.42. The van der Waals surface area contributed by atoms with Crippen LogP contribution in [-0.4, -0.2) is 60.1 Å². The number of rotatable bonds is 6. The lowest BCUT2D eigenvalue weighted by Crippen LogP contribution is -2.71. The molecule has 0 amide bonds. The average molecular weight is 511 g/mol. The number of esters is 3. The van der Waals surface area contributed by atoms with E-state index in [0.717, 1.165) is 24.8 Å². The number of hydrogen-bond acceptors (Lipinski definition) is 8. The maximum Gasteiger partial charge on any atom is 0.338 e. The van der Waals surface area contributed by atoms with E-state index in [1.807, 2.05) is 25.1 Å². The smallest absolute Gasteiger partial charge is 0.338 e.